The zero-order valence-corrected chi connectivity index (χ0v) is 15.1. The minimum atomic E-state index is 0.969. The first-order chi connectivity index (χ1) is 12.9. The van der Waals surface area contributed by atoms with Crippen LogP contribution in [-0.4, -0.2) is 25.8 Å². The van der Waals surface area contributed by atoms with Crippen molar-refractivity contribution in [3.8, 4) is 0 Å². The van der Waals surface area contributed by atoms with Crippen LogP contribution >= 0.6 is 0 Å². The van der Waals surface area contributed by atoms with Crippen LogP contribution in [0.15, 0.2) is 65.8 Å². The third-order valence-corrected chi connectivity index (χ3v) is 4.88. The van der Waals surface area contributed by atoms with Gasteiger partial charge in [0.25, 0.3) is 0 Å². The molecule has 2 aromatic rings. The van der Waals surface area contributed by atoms with Gasteiger partial charge in [0.1, 0.15) is 0 Å². The van der Waals surface area contributed by atoms with Crippen LogP contribution in [0.3, 0.4) is 0 Å². The highest BCUT2D eigenvalue weighted by Crippen LogP contribution is 2.34. The van der Waals surface area contributed by atoms with Crippen LogP contribution in [0.25, 0.3) is 0 Å². The smallest absolute Gasteiger partial charge is 0.0864 e. The second-order valence-electron chi connectivity index (χ2n) is 6.99. The molecule has 3 aliphatic rings. The highest BCUT2D eigenvalue weighted by atomic mass is 15.2. The standard InChI is InChI=1S/C13H18N2.C9H8N2/c1-2-5-13-12(4-1)14-8-3-9-15(13)10-11-6-7-11;1-2-5-9-8(4-1)10-6-3-7-11-9/h1-2,4-5,11,14H,3,6-10H2;1-7,10H. The number of nitrogens with zero attached hydrogens (tertiary/aromatic N) is 2. The Kier molecular flexibility index (Phi) is 5.19. The maximum atomic E-state index is 4.21. The van der Waals surface area contributed by atoms with Gasteiger partial charge < -0.3 is 15.5 Å². The molecule has 1 saturated carbocycles. The quantitative estimate of drug-likeness (QED) is 0.799. The molecular formula is C22H26N4. The van der Waals surface area contributed by atoms with Crippen LogP contribution in [0.4, 0.5) is 22.7 Å². The van der Waals surface area contributed by atoms with E-state index in [9.17, 15) is 0 Å². The fourth-order valence-corrected chi connectivity index (χ4v) is 3.33. The Balaban J connectivity index is 0.000000136. The van der Waals surface area contributed by atoms with Crippen molar-refractivity contribution in [2.24, 2.45) is 10.9 Å². The number of anilines is 3. The lowest BCUT2D eigenvalue weighted by molar-refractivity contribution is 0.708. The minimum absolute atomic E-state index is 0.969. The van der Waals surface area contributed by atoms with E-state index in [0.29, 0.717) is 0 Å². The second-order valence-corrected chi connectivity index (χ2v) is 6.99. The Labute approximate surface area is 155 Å². The van der Waals surface area contributed by atoms with Crippen molar-refractivity contribution in [2.75, 3.05) is 35.2 Å². The highest BCUT2D eigenvalue weighted by Gasteiger charge is 2.25. The lowest BCUT2D eigenvalue weighted by atomic mass is 10.2. The number of fused-ring (bicyclic) bond motifs is 2. The molecule has 2 aliphatic heterocycles. The molecule has 0 radical (unpaired) electrons. The third kappa shape index (κ3) is 4.26. The van der Waals surface area contributed by atoms with Crippen molar-refractivity contribution < 1.29 is 0 Å². The van der Waals surface area contributed by atoms with Crippen molar-refractivity contribution >= 4 is 29.0 Å². The molecule has 0 atom stereocenters. The Bertz CT molecular complexity index is 792. The Morgan fingerprint density at radius 1 is 1.00 bits per heavy atom. The first-order valence-electron chi connectivity index (χ1n) is 9.53. The molecule has 2 N–H and O–H groups in total. The summed E-state index contributed by atoms with van der Waals surface area (Å²) in [6.07, 6.45) is 9.65. The summed E-state index contributed by atoms with van der Waals surface area (Å²) in [5, 5.41) is 6.63. The lowest BCUT2D eigenvalue weighted by Gasteiger charge is -2.24. The van der Waals surface area contributed by atoms with E-state index in [1.54, 1.807) is 6.21 Å². The molecule has 0 aromatic heterocycles. The summed E-state index contributed by atoms with van der Waals surface area (Å²) in [7, 11) is 0. The fourth-order valence-electron chi connectivity index (χ4n) is 3.33. The topological polar surface area (TPSA) is 39.7 Å². The summed E-state index contributed by atoms with van der Waals surface area (Å²) in [5.74, 6) is 0.969. The van der Waals surface area contributed by atoms with E-state index in [2.05, 4.69) is 44.8 Å². The molecule has 1 aliphatic carbocycles. The van der Waals surface area contributed by atoms with Crippen molar-refractivity contribution in [3.63, 3.8) is 0 Å². The SMILES string of the molecule is C1=CNc2ccccc2N=C1.c1ccc2c(c1)NCCCN2CC1CC1. The van der Waals surface area contributed by atoms with Gasteiger partial charge >= 0.3 is 0 Å². The van der Waals surface area contributed by atoms with Gasteiger partial charge in [0.15, 0.2) is 0 Å². The number of hydrogen-bond acceptors (Lipinski definition) is 4. The van der Waals surface area contributed by atoms with Crippen LogP contribution in [0.2, 0.25) is 0 Å². The van der Waals surface area contributed by atoms with E-state index in [4.69, 9.17) is 0 Å². The van der Waals surface area contributed by atoms with Crippen molar-refractivity contribution in [2.45, 2.75) is 19.3 Å². The number of hydrogen-bond donors (Lipinski definition) is 2. The summed E-state index contributed by atoms with van der Waals surface area (Å²) < 4.78 is 0. The van der Waals surface area contributed by atoms with Crippen LogP contribution in [-0.2, 0) is 0 Å². The van der Waals surface area contributed by atoms with Gasteiger partial charge in [0, 0.05) is 32.0 Å². The molecule has 4 nitrogen and oxygen atoms in total. The molecule has 0 amide bonds. The maximum Gasteiger partial charge on any atom is 0.0864 e. The van der Waals surface area contributed by atoms with Crippen LogP contribution < -0.4 is 15.5 Å². The summed E-state index contributed by atoms with van der Waals surface area (Å²) >= 11 is 0. The summed E-state index contributed by atoms with van der Waals surface area (Å²) in [6, 6.07) is 16.6. The van der Waals surface area contributed by atoms with Gasteiger partial charge in [-0.05, 0) is 55.5 Å². The van der Waals surface area contributed by atoms with Crippen LogP contribution in [0.1, 0.15) is 19.3 Å². The van der Waals surface area contributed by atoms with Crippen molar-refractivity contribution in [1.29, 1.82) is 0 Å². The Hall–Kier alpha value is -2.75. The van der Waals surface area contributed by atoms with E-state index >= 15 is 0 Å². The molecule has 2 heterocycles. The summed E-state index contributed by atoms with van der Waals surface area (Å²) in [4.78, 5) is 6.77. The summed E-state index contributed by atoms with van der Waals surface area (Å²) in [6.45, 7) is 3.58. The van der Waals surface area contributed by atoms with Crippen molar-refractivity contribution in [1.82, 2.24) is 0 Å². The molecule has 0 unspecified atom stereocenters. The normalized spacial score (nSPS) is 17.5. The predicted molar refractivity (Wildman–Crippen MR) is 112 cm³/mol. The summed E-state index contributed by atoms with van der Waals surface area (Å²) in [5.41, 5.74) is 4.76. The molecular weight excluding hydrogens is 320 g/mol. The Morgan fingerprint density at radius 2 is 1.81 bits per heavy atom. The largest absolute Gasteiger partial charge is 0.383 e. The van der Waals surface area contributed by atoms with E-state index in [1.165, 1.54) is 43.7 Å². The fraction of sp³-hybridized carbons (Fsp3) is 0.318. The molecule has 4 heteroatoms. The van der Waals surface area contributed by atoms with Gasteiger partial charge in [-0.1, -0.05) is 24.3 Å². The van der Waals surface area contributed by atoms with E-state index in [0.717, 1.165) is 23.8 Å². The number of aliphatic imine (C=N–C) groups is 1. The van der Waals surface area contributed by atoms with Crippen LogP contribution in [0, 0.1) is 5.92 Å². The molecule has 1 fully saturated rings. The number of rotatable bonds is 2. The zero-order chi connectivity index (χ0) is 17.6. The first-order valence-corrected chi connectivity index (χ1v) is 9.53. The van der Waals surface area contributed by atoms with E-state index in [-0.39, 0.29) is 0 Å². The third-order valence-electron chi connectivity index (χ3n) is 4.88. The van der Waals surface area contributed by atoms with Gasteiger partial charge in [-0.3, -0.25) is 4.99 Å². The molecule has 0 bridgehead atoms. The van der Waals surface area contributed by atoms with Crippen molar-refractivity contribution in [3.05, 3.63) is 60.8 Å². The molecule has 0 spiro atoms. The van der Waals surface area contributed by atoms with Gasteiger partial charge in [-0.25, -0.2) is 0 Å². The van der Waals surface area contributed by atoms with Gasteiger partial charge in [-0.15, -0.1) is 0 Å². The van der Waals surface area contributed by atoms with Crippen LogP contribution in [0.5, 0.6) is 0 Å². The molecule has 134 valence electrons. The lowest BCUT2D eigenvalue weighted by Crippen LogP contribution is -2.26. The van der Waals surface area contributed by atoms with E-state index < -0.39 is 0 Å². The molecule has 0 saturated heterocycles. The zero-order valence-electron chi connectivity index (χ0n) is 15.1. The van der Waals surface area contributed by atoms with E-state index in [1.807, 2.05) is 36.5 Å². The highest BCUT2D eigenvalue weighted by molar-refractivity contribution is 5.81. The molecule has 2 aromatic carbocycles. The molecule has 26 heavy (non-hydrogen) atoms. The maximum absolute atomic E-state index is 4.21. The van der Waals surface area contributed by atoms with Gasteiger partial charge in [0.05, 0.1) is 22.7 Å². The first kappa shape index (κ1) is 16.7. The molecule has 5 rings (SSSR count). The number of allylic oxidation sites excluding steroid dienone is 1. The predicted octanol–water partition coefficient (Wildman–Crippen LogP) is 5.05. The average Bonchev–Trinajstić information content (AvgIpc) is 3.52. The monoisotopic (exact) mass is 346 g/mol. The number of nitrogens with one attached hydrogen (secondary N) is 2. The number of para-hydroxylation sites is 4. The minimum Gasteiger partial charge on any atom is -0.383 e. The number of benzene rings is 2. The Morgan fingerprint density at radius 3 is 2.69 bits per heavy atom. The van der Waals surface area contributed by atoms with Gasteiger partial charge in [0.2, 0.25) is 0 Å². The van der Waals surface area contributed by atoms with Gasteiger partial charge in [-0.2, -0.15) is 0 Å². The second kappa shape index (κ2) is 8.09. The average molecular weight is 346 g/mol.